The van der Waals surface area contributed by atoms with Crippen molar-refractivity contribution in [2.24, 2.45) is 0 Å². The summed E-state index contributed by atoms with van der Waals surface area (Å²) in [4.78, 5) is 22.7. The fourth-order valence-corrected chi connectivity index (χ4v) is 2.58. The van der Waals surface area contributed by atoms with Gasteiger partial charge in [-0.3, -0.25) is 9.59 Å². The Kier molecular flexibility index (Phi) is 4.69. The number of hydrogen-bond donors (Lipinski definition) is 1. The van der Waals surface area contributed by atoms with Crippen LogP contribution in [-0.4, -0.2) is 33.8 Å². The number of nitrogen functional groups attached to an aromatic ring is 1. The van der Waals surface area contributed by atoms with Crippen LogP contribution in [0.2, 0.25) is 0 Å². The van der Waals surface area contributed by atoms with Crippen molar-refractivity contribution >= 4 is 40.0 Å². The van der Waals surface area contributed by atoms with Crippen molar-refractivity contribution in [3.05, 3.63) is 0 Å². The van der Waals surface area contributed by atoms with Crippen LogP contribution in [0.25, 0.3) is 0 Å². The SMILES string of the molecule is CCOC(=O)C(Sc1nnc(N)s1)C(C)=O. The summed E-state index contributed by atoms with van der Waals surface area (Å²) in [5.41, 5.74) is 5.40. The maximum absolute atomic E-state index is 11.5. The zero-order valence-corrected chi connectivity index (χ0v) is 10.4. The Bertz CT molecular complexity index is 394. The molecule has 8 heteroatoms. The third-order valence-electron chi connectivity index (χ3n) is 1.51. The number of nitrogens with zero attached hydrogens (tertiary/aromatic N) is 2. The second kappa shape index (κ2) is 5.80. The van der Waals surface area contributed by atoms with E-state index in [-0.39, 0.29) is 12.4 Å². The van der Waals surface area contributed by atoms with Crippen LogP contribution >= 0.6 is 23.1 Å². The Hall–Kier alpha value is -1.15. The Morgan fingerprint density at radius 2 is 2.25 bits per heavy atom. The fraction of sp³-hybridized carbons (Fsp3) is 0.500. The van der Waals surface area contributed by atoms with Crippen molar-refractivity contribution in [2.75, 3.05) is 12.3 Å². The first-order valence-electron chi connectivity index (χ1n) is 4.47. The molecule has 0 saturated heterocycles. The summed E-state index contributed by atoms with van der Waals surface area (Å²) < 4.78 is 5.27. The van der Waals surface area contributed by atoms with Gasteiger partial charge in [0.05, 0.1) is 6.61 Å². The zero-order valence-electron chi connectivity index (χ0n) is 8.80. The lowest BCUT2D eigenvalue weighted by Gasteiger charge is -2.09. The minimum absolute atomic E-state index is 0.238. The Morgan fingerprint density at radius 1 is 1.56 bits per heavy atom. The highest BCUT2D eigenvalue weighted by atomic mass is 32.2. The van der Waals surface area contributed by atoms with E-state index >= 15 is 0 Å². The predicted octanol–water partition coefficient (Wildman–Crippen LogP) is 0.733. The molecule has 1 aromatic rings. The number of nitrogens with two attached hydrogens (primary N) is 1. The molecule has 0 amide bonds. The third-order valence-corrected chi connectivity index (χ3v) is 3.64. The van der Waals surface area contributed by atoms with Gasteiger partial charge < -0.3 is 10.5 Å². The Balaban J connectivity index is 2.72. The molecule has 6 nitrogen and oxygen atoms in total. The van der Waals surface area contributed by atoms with Crippen LogP contribution in [0, 0.1) is 0 Å². The molecule has 1 unspecified atom stereocenters. The van der Waals surface area contributed by atoms with Crippen molar-refractivity contribution in [3.8, 4) is 0 Å². The number of thioether (sulfide) groups is 1. The lowest BCUT2D eigenvalue weighted by Crippen LogP contribution is -2.27. The van der Waals surface area contributed by atoms with Crippen molar-refractivity contribution in [1.29, 1.82) is 0 Å². The number of ketones is 1. The van der Waals surface area contributed by atoms with Gasteiger partial charge in [0.15, 0.2) is 15.4 Å². The number of carbonyl (C=O) groups excluding carboxylic acids is 2. The number of ether oxygens (including phenoxy) is 1. The van der Waals surface area contributed by atoms with Crippen LogP contribution < -0.4 is 5.73 Å². The van der Waals surface area contributed by atoms with Crippen LogP contribution in [0.15, 0.2) is 4.34 Å². The topological polar surface area (TPSA) is 95.2 Å². The normalized spacial score (nSPS) is 12.1. The monoisotopic (exact) mass is 261 g/mol. The molecule has 1 atom stereocenters. The molecule has 88 valence electrons. The molecule has 0 aliphatic carbocycles. The second-order valence-corrected chi connectivity index (χ2v) is 5.13. The standard InChI is InChI=1S/C8H11N3O3S2/c1-3-14-6(13)5(4(2)12)15-8-11-10-7(9)16-8/h5H,3H2,1-2H3,(H2,9,10). The second-order valence-electron chi connectivity index (χ2n) is 2.77. The number of esters is 1. The maximum atomic E-state index is 11.5. The quantitative estimate of drug-likeness (QED) is 0.474. The highest BCUT2D eigenvalue weighted by molar-refractivity contribution is 8.03. The summed E-state index contributed by atoms with van der Waals surface area (Å²) in [5, 5.41) is 6.73. The lowest BCUT2D eigenvalue weighted by molar-refractivity contribution is -0.144. The molecule has 16 heavy (non-hydrogen) atoms. The lowest BCUT2D eigenvalue weighted by atomic mass is 10.3. The number of rotatable bonds is 5. The van der Waals surface area contributed by atoms with Gasteiger partial charge in [-0.25, -0.2) is 0 Å². The van der Waals surface area contributed by atoms with E-state index in [4.69, 9.17) is 10.5 Å². The van der Waals surface area contributed by atoms with Gasteiger partial charge in [-0.05, 0) is 13.8 Å². The largest absolute Gasteiger partial charge is 0.465 e. The van der Waals surface area contributed by atoms with Crippen LogP contribution in [0.4, 0.5) is 5.13 Å². The molecule has 0 saturated carbocycles. The van der Waals surface area contributed by atoms with Gasteiger partial charge >= 0.3 is 5.97 Å². The van der Waals surface area contributed by atoms with Crippen LogP contribution in [-0.2, 0) is 14.3 Å². The molecule has 1 aromatic heterocycles. The summed E-state index contributed by atoms with van der Waals surface area (Å²) in [6.45, 7) is 3.25. The molecule has 0 fully saturated rings. The van der Waals surface area contributed by atoms with Crippen molar-refractivity contribution in [3.63, 3.8) is 0 Å². The highest BCUT2D eigenvalue weighted by Crippen LogP contribution is 2.28. The first-order valence-corrected chi connectivity index (χ1v) is 6.17. The first-order chi connectivity index (χ1) is 7.54. The van der Waals surface area contributed by atoms with Crippen molar-refractivity contribution in [1.82, 2.24) is 10.2 Å². The molecule has 0 radical (unpaired) electrons. The van der Waals surface area contributed by atoms with Gasteiger partial charge in [-0.2, -0.15) is 0 Å². The molecule has 0 bridgehead atoms. The average molecular weight is 261 g/mol. The van der Waals surface area contributed by atoms with Gasteiger partial charge in [0.25, 0.3) is 0 Å². The average Bonchev–Trinajstić information content (AvgIpc) is 2.60. The summed E-state index contributed by atoms with van der Waals surface area (Å²) in [6, 6.07) is 0. The van der Waals surface area contributed by atoms with E-state index in [1.807, 2.05) is 0 Å². The smallest absolute Gasteiger partial charge is 0.327 e. The Morgan fingerprint density at radius 3 is 2.69 bits per heavy atom. The molecule has 1 heterocycles. The van der Waals surface area contributed by atoms with Crippen molar-refractivity contribution < 1.29 is 14.3 Å². The minimum atomic E-state index is -0.896. The predicted molar refractivity (Wildman–Crippen MR) is 61.3 cm³/mol. The molecule has 0 aliphatic rings. The van der Waals surface area contributed by atoms with Crippen LogP contribution in [0.3, 0.4) is 0 Å². The molecule has 2 N–H and O–H groups in total. The van der Waals surface area contributed by atoms with Crippen molar-refractivity contribution in [2.45, 2.75) is 23.4 Å². The fourth-order valence-electron chi connectivity index (χ4n) is 0.884. The van der Waals surface area contributed by atoms with Gasteiger partial charge in [0, 0.05) is 0 Å². The van der Waals surface area contributed by atoms with Crippen LogP contribution in [0.5, 0.6) is 0 Å². The zero-order chi connectivity index (χ0) is 12.1. The van der Waals surface area contributed by atoms with E-state index in [9.17, 15) is 9.59 Å². The number of Topliss-reactive ketones (excluding diaryl/α,β-unsaturated/α-hetero) is 1. The number of anilines is 1. The summed E-state index contributed by atoms with van der Waals surface area (Å²) in [7, 11) is 0. The maximum Gasteiger partial charge on any atom is 0.327 e. The number of carbonyl (C=O) groups is 2. The van der Waals surface area contributed by atoms with Gasteiger partial charge in [-0.15, -0.1) is 10.2 Å². The summed E-state index contributed by atoms with van der Waals surface area (Å²) in [6.07, 6.45) is 0. The van der Waals surface area contributed by atoms with E-state index in [1.54, 1.807) is 6.92 Å². The minimum Gasteiger partial charge on any atom is -0.465 e. The summed E-state index contributed by atoms with van der Waals surface area (Å²) in [5.74, 6) is -0.842. The van der Waals surface area contributed by atoms with E-state index in [0.29, 0.717) is 9.47 Å². The third kappa shape index (κ3) is 3.46. The molecule has 0 spiro atoms. The van der Waals surface area contributed by atoms with E-state index in [2.05, 4.69) is 10.2 Å². The van der Waals surface area contributed by atoms with E-state index < -0.39 is 11.2 Å². The molecule has 0 aromatic carbocycles. The number of aromatic nitrogens is 2. The van der Waals surface area contributed by atoms with Crippen LogP contribution in [0.1, 0.15) is 13.8 Å². The van der Waals surface area contributed by atoms with Gasteiger partial charge in [-0.1, -0.05) is 23.1 Å². The highest BCUT2D eigenvalue weighted by Gasteiger charge is 2.27. The number of hydrogen-bond acceptors (Lipinski definition) is 8. The van der Waals surface area contributed by atoms with E-state index in [0.717, 1.165) is 23.1 Å². The van der Waals surface area contributed by atoms with Gasteiger partial charge in [0.2, 0.25) is 5.13 Å². The molecular formula is C8H11N3O3S2. The van der Waals surface area contributed by atoms with E-state index in [1.165, 1.54) is 6.92 Å². The molecule has 1 rings (SSSR count). The van der Waals surface area contributed by atoms with Gasteiger partial charge in [0.1, 0.15) is 0 Å². The molecular weight excluding hydrogens is 250 g/mol. The summed E-state index contributed by atoms with van der Waals surface area (Å²) >= 11 is 2.13. The Labute approximate surface area is 101 Å². The molecule has 0 aliphatic heterocycles. The first kappa shape index (κ1) is 12.9.